The van der Waals surface area contributed by atoms with Crippen LogP contribution >= 0.6 is 0 Å². The molecule has 1 aromatic heterocycles. The zero-order chi connectivity index (χ0) is 18.2. The van der Waals surface area contributed by atoms with Crippen molar-refractivity contribution in [1.29, 1.82) is 5.26 Å². The molecule has 1 amide bonds. The first-order chi connectivity index (χ1) is 12.8. The number of hydrogen-bond acceptors (Lipinski definition) is 4. The molecule has 5 heteroatoms. The summed E-state index contributed by atoms with van der Waals surface area (Å²) in [5.41, 5.74) is 2.53. The van der Waals surface area contributed by atoms with Crippen LogP contribution in [0, 0.1) is 11.3 Å². The van der Waals surface area contributed by atoms with Crippen LogP contribution < -0.4 is 10.2 Å². The summed E-state index contributed by atoms with van der Waals surface area (Å²) in [6.07, 6.45) is 8.71. The summed E-state index contributed by atoms with van der Waals surface area (Å²) in [6.45, 7) is 2.50. The van der Waals surface area contributed by atoms with Crippen LogP contribution in [-0.4, -0.2) is 24.0 Å². The van der Waals surface area contributed by atoms with Crippen molar-refractivity contribution in [2.45, 2.75) is 25.8 Å². The molecule has 3 rings (SSSR count). The quantitative estimate of drug-likeness (QED) is 0.844. The van der Waals surface area contributed by atoms with Gasteiger partial charge >= 0.3 is 0 Å². The minimum absolute atomic E-state index is 0.150. The van der Waals surface area contributed by atoms with Crippen LogP contribution in [0.25, 0.3) is 6.08 Å². The van der Waals surface area contributed by atoms with E-state index in [1.54, 1.807) is 24.4 Å². The minimum Gasteiger partial charge on any atom is -0.356 e. The molecule has 132 valence electrons. The van der Waals surface area contributed by atoms with Gasteiger partial charge in [0.25, 0.3) is 0 Å². The fourth-order valence-electron chi connectivity index (χ4n) is 3.04. The Balaban J connectivity index is 1.59. The Morgan fingerprint density at radius 2 is 1.96 bits per heavy atom. The largest absolute Gasteiger partial charge is 0.356 e. The zero-order valence-electron chi connectivity index (χ0n) is 14.7. The Kier molecular flexibility index (Phi) is 6.00. The number of nitrogens with zero attached hydrogens (tertiary/aromatic N) is 3. The Morgan fingerprint density at radius 1 is 1.19 bits per heavy atom. The Morgan fingerprint density at radius 3 is 2.69 bits per heavy atom. The lowest BCUT2D eigenvalue weighted by Crippen LogP contribution is -2.32. The van der Waals surface area contributed by atoms with Crippen molar-refractivity contribution in [3.63, 3.8) is 0 Å². The number of nitriles is 1. The van der Waals surface area contributed by atoms with Gasteiger partial charge in [-0.25, -0.2) is 4.98 Å². The first-order valence-corrected chi connectivity index (χ1v) is 8.91. The van der Waals surface area contributed by atoms with E-state index in [2.05, 4.69) is 21.3 Å². The Labute approximate surface area is 154 Å². The average Bonchev–Trinajstić information content (AvgIpc) is 2.72. The van der Waals surface area contributed by atoms with Crippen LogP contribution in [0.2, 0.25) is 0 Å². The van der Waals surface area contributed by atoms with E-state index in [1.165, 1.54) is 25.3 Å². The minimum atomic E-state index is -0.150. The molecular formula is C21H22N4O. The van der Waals surface area contributed by atoms with Crippen LogP contribution in [0.4, 0.5) is 5.82 Å². The first-order valence-electron chi connectivity index (χ1n) is 8.91. The van der Waals surface area contributed by atoms with Gasteiger partial charge in [-0.3, -0.25) is 4.79 Å². The van der Waals surface area contributed by atoms with Crippen molar-refractivity contribution in [3.05, 3.63) is 65.4 Å². The maximum atomic E-state index is 12.1. The summed E-state index contributed by atoms with van der Waals surface area (Å²) >= 11 is 0. The molecule has 1 aliphatic heterocycles. The molecule has 1 aromatic carbocycles. The number of piperidine rings is 1. The number of anilines is 1. The molecule has 0 spiro atoms. The van der Waals surface area contributed by atoms with Gasteiger partial charge in [0.1, 0.15) is 5.82 Å². The van der Waals surface area contributed by atoms with Gasteiger partial charge in [0, 0.05) is 37.5 Å². The van der Waals surface area contributed by atoms with Crippen LogP contribution in [0.15, 0.2) is 48.7 Å². The van der Waals surface area contributed by atoms with Crippen molar-refractivity contribution >= 4 is 17.8 Å². The molecule has 1 saturated heterocycles. The molecule has 1 aliphatic rings. The number of amides is 1. The molecule has 26 heavy (non-hydrogen) atoms. The maximum absolute atomic E-state index is 12.1. The van der Waals surface area contributed by atoms with Gasteiger partial charge in [0.05, 0.1) is 11.6 Å². The number of nitrogens with one attached hydrogen (secondary N) is 1. The summed E-state index contributed by atoms with van der Waals surface area (Å²) in [7, 11) is 0. The molecule has 0 atom stereocenters. The zero-order valence-corrected chi connectivity index (χ0v) is 14.7. The smallest absolute Gasteiger partial charge is 0.244 e. The molecule has 1 N–H and O–H groups in total. The van der Waals surface area contributed by atoms with Gasteiger partial charge in [-0.1, -0.05) is 18.2 Å². The Bertz CT molecular complexity index is 815. The molecule has 0 radical (unpaired) electrons. The van der Waals surface area contributed by atoms with E-state index < -0.39 is 0 Å². The van der Waals surface area contributed by atoms with Crippen LogP contribution in [0.3, 0.4) is 0 Å². The molecular weight excluding hydrogens is 324 g/mol. The number of hydrogen-bond donors (Lipinski definition) is 1. The van der Waals surface area contributed by atoms with E-state index in [0.717, 1.165) is 30.0 Å². The third-order valence-electron chi connectivity index (χ3n) is 4.44. The molecule has 2 heterocycles. The molecule has 1 fully saturated rings. The van der Waals surface area contributed by atoms with E-state index >= 15 is 0 Å². The fraction of sp³-hybridized carbons (Fsp3) is 0.286. The second-order valence-electron chi connectivity index (χ2n) is 6.32. The lowest BCUT2D eigenvalue weighted by Gasteiger charge is -2.29. The average molecular weight is 346 g/mol. The molecule has 2 aromatic rings. The summed E-state index contributed by atoms with van der Waals surface area (Å²) in [6, 6.07) is 13.1. The van der Waals surface area contributed by atoms with Crippen LogP contribution in [0.5, 0.6) is 0 Å². The van der Waals surface area contributed by atoms with Crippen LogP contribution in [-0.2, 0) is 11.3 Å². The standard InChI is InChI=1S/C21H22N4O/c22-15-18-8-6-17(7-9-18)10-11-20(26)24-16-19-5-4-12-23-21(19)25-13-2-1-3-14-25/h4-12H,1-3,13-14,16H2,(H,24,26)/b11-10+. The van der Waals surface area contributed by atoms with Gasteiger partial charge in [-0.15, -0.1) is 0 Å². The van der Waals surface area contributed by atoms with Gasteiger partial charge < -0.3 is 10.2 Å². The highest BCUT2D eigenvalue weighted by Gasteiger charge is 2.15. The molecule has 5 nitrogen and oxygen atoms in total. The lowest BCUT2D eigenvalue weighted by molar-refractivity contribution is -0.116. The van der Waals surface area contributed by atoms with Crippen LogP contribution in [0.1, 0.15) is 36.0 Å². The number of pyridine rings is 1. The monoisotopic (exact) mass is 346 g/mol. The van der Waals surface area contributed by atoms with Crippen molar-refractivity contribution in [3.8, 4) is 6.07 Å². The third-order valence-corrected chi connectivity index (χ3v) is 4.44. The second-order valence-corrected chi connectivity index (χ2v) is 6.32. The van der Waals surface area contributed by atoms with Crippen molar-refractivity contribution < 1.29 is 4.79 Å². The fourth-order valence-corrected chi connectivity index (χ4v) is 3.04. The summed E-state index contributed by atoms with van der Waals surface area (Å²) in [5, 5.41) is 11.7. The van der Waals surface area contributed by atoms with Gasteiger partial charge in [0.2, 0.25) is 5.91 Å². The van der Waals surface area contributed by atoms with Gasteiger partial charge in [-0.2, -0.15) is 5.26 Å². The number of benzene rings is 1. The highest BCUT2D eigenvalue weighted by molar-refractivity contribution is 5.91. The lowest BCUT2D eigenvalue weighted by atomic mass is 10.1. The van der Waals surface area contributed by atoms with Gasteiger partial charge in [0.15, 0.2) is 0 Å². The second kappa shape index (κ2) is 8.82. The summed E-state index contributed by atoms with van der Waals surface area (Å²) < 4.78 is 0. The highest BCUT2D eigenvalue weighted by Crippen LogP contribution is 2.21. The third kappa shape index (κ3) is 4.70. The number of rotatable bonds is 5. The maximum Gasteiger partial charge on any atom is 0.244 e. The van der Waals surface area contributed by atoms with E-state index in [9.17, 15) is 4.79 Å². The predicted molar refractivity (Wildman–Crippen MR) is 102 cm³/mol. The highest BCUT2D eigenvalue weighted by atomic mass is 16.1. The van der Waals surface area contributed by atoms with Gasteiger partial charge in [-0.05, 0) is 49.1 Å². The number of aromatic nitrogens is 1. The molecule has 0 bridgehead atoms. The number of carbonyl (C=O) groups excluding carboxylic acids is 1. The van der Waals surface area contributed by atoms with Crippen molar-refractivity contribution in [1.82, 2.24) is 10.3 Å². The SMILES string of the molecule is N#Cc1ccc(/C=C/C(=O)NCc2cccnc2N2CCCCC2)cc1. The van der Waals surface area contributed by atoms with E-state index in [1.807, 2.05) is 24.3 Å². The molecule has 0 aliphatic carbocycles. The van der Waals surface area contributed by atoms with Crippen molar-refractivity contribution in [2.24, 2.45) is 0 Å². The number of carbonyl (C=O) groups is 1. The summed E-state index contributed by atoms with van der Waals surface area (Å²) in [4.78, 5) is 18.9. The predicted octanol–water partition coefficient (Wildman–Crippen LogP) is 3.27. The molecule has 0 unspecified atom stereocenters. The van der Waals surface area contributed by atoms with E-state index in [4.69, 9.17) is 5.26 Å². The van der Waals surface area contributed by atoms with Crippen molar-refractivity contribution in [2.75, 3.05) is 18.0 Å². The van der Waals surface area contributed by atoms with E-state index in [0.29, 0.717) is 12.1 Å². The Hall–Kier alpha value is -3.13. The molecule has 0 saturated carbocycles. The normalized spacial score (nSPS) is 14.2. The topological polar surface area (TPSA) is 69.0 Å². The first kappa shape index (κ1) is 17.7. The summed E-state index contributed by atoms with van der Waals surface area (Å²) in [5.74, 6) is 0.825. The van der Waals surface area contributed by atoms with E-state index in [-0.39, 0.29) is 5.91 Å².